The average molecular weight is 320 g/mol. The standard InChI is InChI=1S/C15H20N4O4/c1-10-7-8-11(9-13(10)19(22)23)14(20)17-18-15(21)16-12-5-3-2-4-6-12/h7-9,12H,2-6H2,1H3,(H,17,20)(H2,16,18,21). The lowest BCUT2D eigenvalue weighted by Crippen LogP contribution is -2.50. The van der Waals surface area contributed by atoms with E-state index in [2.05, 4.69) is 16.2 Å². The smallest absolute Gasteiger partial charge is 0.333 e. The number of aryl methyl sites for hydroxylation is 1. The van der Waals surface area contributed by atoms with E-state index in [1.165, 1.54) is 24.6 Å². The molecular formula is C15H20N4O4. The van der Waals surface area contributed by atoms with Crippen LogP contribution >= 0.6 is 0 Å². The molecule has 0 bridgehead atoms. The number of carbonyl (C=O) groups is 2. The van der Waals surface area contributed by atoms with Crippen molar-refractivity contribution >= 4 is 17.6 Å². The number of hydrazine groups is 1. The molecule has 23 heavy (non-hydrogen) atoms. The van der Waals surface area contributed by atoms with Gasteiger partial charge in [0.1, 0.15) is 0 Å². The van der Waals surface area contributed by atoms with Crippen molar-refractivity contribution < 1.29 is 14.5 Å². The lowest BCUT2D eigenvalue weighted by atomic mass is 9.96. The normalized spacial score (nSPS) is 14.8. The first-order valence-corrected chi connectivity index (χ1v) is 7.59. The van der Waals surface area contributed by atoms with Crippen molar-refractivity contribution in [3.63, 3.8) is 0 Å². The van der Waals surface area contributed by atoms with Gasteiger partial charge in [-0.2, -0.15) is 0 Å². The minimum atomic E-state index is -0.605. The predicted molar refractivity (Wildman–Crippen MR) is 83.8 cm³/mol. The topological polar surface area (TPSA) is 113 Å². The molecule has 1 aliphatic carbocycles. The summed E-state index contributed by atoms with van der Waals surface area (Å²) in [6.45, 7) is 1.59. The van der Waals surface area contributed by atoms with Gasteiger partial charge >= 0.3 is 6.03 Å². The molecule has 8 nitrogen and oxygen atoms in total. The molecule has 0 unspecified atom stereocenters. The van der Waals surface area contributed by atoms with E-state index in [1.807, 2.05) is 0 Å². The van der Waals surface area contributed by atoms with Crippen LogP contribution in [0.5, 0.6) is 0 Å². The van der Waals surface area contributed by atoms with E-state index in [0.717, 1.165) is 25.7 Å². The number of hydrogen-bond donors (Lipinski definition) is 3. The van der Waals surface area contributed by atoms with E-state index in [9.17, 15) is 19.7 Å². The Labute approximate surface area is 133 Å². The Balaban J connectivity index is 1.88. The summed E-state index contributed by atoms with van der Waals surface area (Å²) in [5.74, 6) is -0.605. The van der Waals surface area contributed by atoms with Gasteiger partial charge in [0.2, 0.25) is 0 Å². The molecule has 8 heteroatoms. The molecule has 0 saturated heterocycles. The van der Waals surface area contributed by atoms with Crippen LogP contribution < -0.4 is 16.2 Å². The molecule has 0 aromatic heterocycles. The third-order valence-electron chi connectivity index (χ3n) is 3.90. The molecule has 3 N–H and O–H groups in total. The van der Waals surface area contributed by atoms with Crippen LogP contribution in [0.25, 0.3) is 0 Å². The van der Waals surface area contributed by atoms with Crippen molar-refractivity contribution in [2.45, 2.75) is 45.1 Å². The maximum atomic E-state index is 12.0. The second-order valence-corrected chi connectivity index (χ2v) is 5.65. The van der Waals surface area contributed by atoms with E-state index in [-0.39, 0.29) is 17.3 Å². The van der Waals surface area contributed by atoms with Gasteiger partial charge in [-0.25, -0.2) is 10.2 Å². The number of nitrogens with one attached hydrogen (secondary N) is 3. The van der Waals surface area contributed by atoms with Crippen molar-refractivity contribution in [1.82, 2.24) is 16.2 Å². The van der Waals surface area contributed by atoms with Gasteiger partial charge in [0.05, 0.1) is 4.92 Å². The molecule has 1 fully saturated rings. The molecule has 1 saturated carbocycles. The SMILES string of the molecule is Cc1ccc(C(=O)NNC(=O)NC2CCCCC2)cc1[N+](=O)[O-]. The van der Waals surface area contributed by atoms with E-state index in [4.69, 9.17) is 0 Å². The number of amides is 3. The Morgan fingerprint density at radius 1 is 1.17 bits per heavy atom. The lowest BCUT2D eigenvalue weighted by molar-refractivity contribution is -0.385. The summed E-state index contributed by atoms with van der Waals surface area (Å²) in [5, 5.41) is 13.7. The van der Waals surface area contributed by atoms with Crippen LogP contribution in [0, 0.1) is 17.0 Å². The van der Waals surface area contributed by atoms with Gasteiger partial charge in [0.25, 0.3) is 11.6 Å². The number of nitro benzene ring substituents is 1. The predicted octanol–water partition coefficient (Wildman–Crippen LogP) is 2.18. The Bertz CT molecular complexity index is 611. The van der Waals surface area contributed by atoms with Crippen LogP contribution in [-0.2, 0) is 0 Å². The highest BCUT2D eigenvalue weighted by Gasteiger charge is 2.17. The van der Waals surface area contributed by atoms with Gasteiger partial charge in [-0.05, 0) is 25.8 Å². The van der Waals surface area contributed by atoms with Crippen molar-refractivity contribution in [3.8, 4) is 0 Å². The maximum absolute atomic E-state index is 12.0. The first kappa shape index (κ1) is 16.7. The molecule has 3 amide bonds. The number of benzene rings is 1. The number of rotatable bonds is 3. The molecule has 1 aromatic carbocycles. The first-order chi connectivity index (χ1) is 11.0. The fraction of sp³-hybridized carbons (Fsp3) is 0.467. The van der Waals surface area contributed by atoms with Crippen LogP contribution in [0.15, 0.2) is 18.2 Å². The molecule has 0 heterocycles. The largest absolute Gasteiger partial charge is 0.334 e. The fourth-order valence-electron chi connectivity index (χ4n) is 2.60. The van der Waals surface area contributed by atoms with E-state index in [0.29, 0.717) is 5.56 Å². The zero-order chi connectivity index (χ0) is 16.8. The zero-order valence-electron chi connectivity index (χ0n) is 12.9. The maximum Gasteiger partial charge on any atom is 0.333 e. The Hall–Kier alpha value is -2.64. The van der Waals surface area contributed by atoms with E-state index < -0.39 is 16.9 Å². The average Bonchev–Trinajstić information content (AvgIpc) is 2.53. The number of urea groups is 1. The van der Waals surface area contributed by atoms with Gasteiger partial charge in [-0.3, -0.25) is 20.3 Å². The van der Waals surface area contributed by atoms with Crippen molar-refractivity contribution in [3.05, 3.63) is 39.4 Å². The highest BCUT2D eigenvalue weighted by atomic mass is 16.6. The molecule has 0 atom stereocenters. The number of nitro groups is 1. The number of hydrogen-bond acceptors (Lipinski definition) is 4. The third-order valence-corrected chi connectivity index (χ3v) is 3.90. The summed E-state index contributed by atoms with van der Waals surface area (Å²) in [6, 6.07) is 3.80. The second kappa shape index (κ2) is 7.57. The minimum Gasteiger partial charge on any atom is -0.334 e. The van der Waals surface area contributed by atoms with Gasteiger partial charge in [-0.1, -0.05) is 25.3 Å². The molecule has 2 rings (SSSR count). The molecular weight excluding hydrogens is 300 g/mol. The van der Waals surface area contributed by atoms with Crippen molar-refractivity contribution in [2.75, 3.05) is 0 Å². The van der Waals surface area contributed by atoms with Crippen LogP contribution in [0.1, 0.15) is 48.0 Å². The van der Waals surface area contributed by atoms with Gasteiger partial charge in [-0.15, -0.1) is 0 Å². The fourth-order valence-corrected chi connectivity index (χ4v) is 2.60. The van der Waals surface area contributed by atoms with Gasteiger partial charge in [0, 0.05) is 23.2 Å². The summed E-state index contributed by atoms with van der Waals surface area (Å²) >= 11 is 0. The minimum absolute atomic E-state index is 0.111. The quantitative estimate of drug-likeness (QED) is 0.585. The molecule has 1 aliphatic rings. The summed E-state index contributed by atoms with van der Waals surface area (Å²) in [6.07, 6.45) is 5.23. The van der Waals surface area contributed by atoms with Gasteiger partial charge in [0.15, 0.2) is 0 Å². The Kier molecular flexibility index (Phi) is 5.51. The number of nitrogens with zero attached hydrogens (tertiary/aromatic N) is 1. The highest BCUT2D eigenvalue weighted by Crippen LogP contribution is 2.19. The first-order valence-electron chi connectivity index (χ1n) is 7.59. The van der Waals surface area contributed by atoms with Crippen molar-refractivity contribution in [2.24, 2.45) is 0 Å². The van der Waals surface area contributed by atoms with E-state index >= 15 is 0 Å². The van der Waals surface area contributed by atoms with Crippen LogP contribution in [0.4, 0.5) is 10.5 Å². The lowest BCUT2D eigenvalue weighted by Gasteiger charge is -2.22. The second-order valence-electron chi connectivity index (χ2n) is 5.65. The zero-order valence-corrected chi connectivity index (χ0v) is 12.9. The van der Waals surface area contributed by atoms with Crippen LogP contribution in [0.3, 0.4) is 0 Å². The third kappa shape index (κ3) is 4.67. The summed E-state index contributed by atoms with van der Waals surface area (Å²) in [5.41, 5.74) is 4.97. The Morgan fingerprint density at radius 2 is 1.87 bits per heavy atom. The molecule has 1 aromatic rings. The van der Waals surface area contributed by atoms with Crippen LogP contribution in [0.2, 0.25) is 0 Å². The molecule has 0 spiro atoms. The summed E-state index contributed by atoms with van der Waals surface area (Å²) < 4.78 is 0. The molecule has 124 valence electrons. The number of carbonyl (C=O) groups excluding carboxylic acids is 2. The molecule has 0 radical (unpaired) electrons. The van der Waals surface area contributed by atoms with Gasteiger partial charge < -0.3 is 5.32 Å². The van der Waals surface area contributed by atoms with E-state index in [1.54, 1.807) is 6.92 Å². The van der Waals surface area contributed by atoms with Crippen LogP contribution in [-0.4, -0.2) is 22.9 Å². The summed E-state index contributed by atoms with van der Waals surface area (Å²) in [4.78, 5) is 34.0. The van der Waals surface area contributed by atoms with Crippen molar-refractivity contribution in [1.29, 1.82) is 0 Å². The monoisotopic (exact) mass is 320 g/mol. The summed E-state index contributed by atoms with van der Waals surface area (Å²) in [7, 11) is 0. The Morgan fingerprint density at radius 3 is 2.52 bits per heavy atom. The highest BCUT2D eigenvalue weighted by molar-refractivity contribution is 5.96. The molecule has 0 aliphatic heterocycles.